The molecule has 1 aliphatic heterocycles. The molecule has 1 rings (SSSR count). The summed E-state index contributed by atoms with van der Waals surface area (Å²) in [5.74, 6) is 0.148. The van der Waals surface area contributed by atoms with Crippen LogP contribution in [0.5, 0.6) is 0 Å². The molecule has 0 unspecified atom stereocenters. The van der Waals surface area contributed by atoms with Crippen molar-refractivity contribution in [3.05, 3.63) is 0 Å². The lowest BCUT2D eigenvalue weighted by Gasteiger charge is -2.07. The van der Waals surface area contributed by atoms with E-state index in [-0.39, 0.29) is 5.78 Å². The van der Waals surface area contributed by atoms with E-state index in [9.17, 15) is 4.79 Å². The molecule has 0 radical (unpaired) electrons. The molecule has 0 fully saturated rings. The molecular formula is C7H11NO. The average Bonchev–Trinajstić information content (AvgIpc) is 1.90. The largest absolute Gasteiger partial charge is 0.293 e. The van der Waals surface area contributed by atoms with E-state index in [1.54, 1.807) is 6.92 Å². The highest BCUT2D eigenvalue weighted by Crippen LogP contribution is 2.05. The molecule has 0 saturated heterocycles. The van der Waals surface area contributed by atoms with Gasteiger partial charge in [-0.2, -0.15) is 0 Å². The van der Waals surface area contributed by atoms with Crippen LogP contribution in [0.15, 0.2) is 4.99 Å². The van der Waals surface area contributed by atoms with E-state index in [1.165, 1.54) is 0 Å². The maximum atomic E-state index is 10.7. The van der Waals surface area contributed by atoms with Crippen molar-refractivity contribution in [1.82, 2.24) is 0 Å². The van der Waals surface area contributed by atoms with Gasteiger partial charge in [-0.15, -0.1) is 0 Å². The average molecular weight is 125 g/mol. The zero-order valence-corrected chi connectivity index (χ0v) is 5.68. The Bertz CT molecular complexity index is 149. The van der Waals surface area contributed by atoms with Gasteiger partial charge in [0.15, 0.2) is 5.78 Å². The molecule has 0 saturated carbocycles. The molecule has 0 amide bonds. The van der Waals surface area contributed by atoms with Gasteiger partial charge in [0.1, 0.15) is 0 Å². The van der Waals surface area contributed by atoms with Gasteiger partial charge in [-0.25, -0.2) is 0 Å². The minimum absolute atomic E-state index is 0.148. The van der Waals surface area contributed by atoms with E-state index in [0.717, 1.165) is 31.5 Å². The third kappa shape index (κ3) is 1.63. The Morgan fingerprint density at radius 3 is 2.67 bits per heavy atom. The molecule has 2 heteroatoms. The quantitative estimate of drug-likeness (QED) is 0.517. The van der Waals surface area contributed by atoms with Crippen molar-refractivity contribution in [3.63, 3.8) is 0 Å². The van der Waals surface area contributed by atoms with Gasteiger partial charge in [0.05, 0.1) is 5.71 Å². The number of carbonyl (C=O) groups excluding carboxylic acids is 1. The minimum atomic E-state index is 0.148. The Morgan fingerprint density at radius 1 is 1.56 bits per heavy atom. The first kappa shape index (κ1) is 6.46. The molecule has 0 aliphatic carbocycles. The highest BCUT2D eigenvalue weighted by Gasteiger charge is 2.07. The van der Waals surface area contributed by atoms with E-state index in [0.29, 0.717) is 0 Å². The molecule has 0 bridgehead atoms. The van der Waals surface area contributed by atoms with Crippen LogP contribution in [0.2, 0.25) is 0 Å². The summed E-state index contributed by atoms with van der Waals surface area (Å²) >= 11 is 0. The molecule has 1 aliphatic rings. The smallest absolute Gasteiger partial charge is 0.173 e. The first-order valence-corrected chi connectivity index (χ1v) is 3.35. The monoisotopic (exact) mass is 125 g/mol. The van der Waals surface area contributed by atoms with Gasteiger partial charge in [-0.1, -0.05) is 0 Å². The van der Waals surface area contributed by atoms with Gasteiger partial charge < -0.3 is 0 Å². The number of carbonyl (C=O) groups is 1. The summed E-state index contributed by atoms with van der Waals surface area (Å²) in [5.41, 5.74) is 0.793. The van der Waals surface area contributed by atoms with Crippen molar-refractivity contribution in [2.24, 2.45) is 4.99 Å². The van der Waals surface area contributed by atoms with E-state index in [2.05, 4.69) is 4.99 Å². The lowest BCUT2D eigenvalue weighted by atomic mass is 10.1. The fourth-order valence-electron chi connectivity index (χ4n) is 0.985. The van der Waals surface area contributed by atoms with Crippen molar-refractivity contribution >= 4 is 11.5 Å². The lowest BCUT2D eigenvalue weighted by Crippen LogP contribution is -2.14. The second kappa shape index (κ2) is 2.76. The Kier molecular flexibility index (Phi) is 1.98. The van der Waals surface area contributed by atoms with Gasteiger partial charge >= 0.3 is 0 Å². The molecular weight excluding hydrogens is 114 g/mol. The van der Waals surface area contributed by atoms with Gasteiger partial charge in [-0.05, 0) is 19.3 Å². The molecule has 50 valence electrons. The maximum absolute atomic E-state index is 10.7. The SMILES string of the molecule is CC(=O)C1=NCCCC1. The number of rotatable bonds is 1. The fraction of sp³-hybridized carbons (Fsp3) is 0.714. The number of nitrogens with zero attached hydrogens (tertiary/aromatic N) is 1. The van der Waals surface area contributed by atoms with Crippen molar-refractivity contribution < 1.29 is 4.79 Å². The fourth-order valence-corrected chi connectivity index (χ4v) is 0.985. The summed E-state index contributed by atoms with van der Waals surface area (Å²) < 4.78 is 0. The van der Waals surface area contributed by atoms with E-state index in [4.69, 9.17) is 0 Å². The Hall–Kier alpha value is -0.660. The predicted octanol–water partition coefficient (Wildman–Crippen LogP) is 1.20. The van der Waals surface area contributed by atoms with Gasteiger partial charge in [0, 0.05) is 13.5 Å². The van der Waals surface area contributed by atoms with Crippen molar-refractivity contribution in [2.75, 3.05) is 6.54 Å². The van der Waals surface area contributed by atoms with E-state index >= 15 is 0 Å². The van der Waals surface area contributed by atoms with Gasteiger partial charge in [-0.3, -0.25) is 9.79 Å². The summed E-state index contributed by atoms with van der Waals surface area (Å²) in [6.45, 7) is 2.44. The third-order valence-corrected chi connectivity index (χ3v) is 1.53. The molecule has 0 aromatic rings. The van der Waals surface area contributed by atoms with Crippen LogP contribution in [0, 0.1) is 0 Å². The van der Waals surface area contributed by atoms with Crippen LogP contribution >= 0.6 is 0 Å². The Balaban J connectivity index is 2.57. The lowest BCUT2D eigenvalue weighted by molar-refractivity contribution is -0.111. The first-order valence-electron chi connectivity index (χ1n) is 3.35. The van der Waals surface area contributed by atoms with Gasteiger partial charge in [0.2, 0.25) is 0 Å². The Morgan fingerprint density at radius 2 is 2.33 bits per heavy atom. The Labute approximate surface area is 55.0 Å². The molecule has 0 aromatic carbocycles. The summed E-state index contributed by atoms with van der Waals surface area (Å²) in [5, 5.41) is 0. The maximum Gasteiger partial charge on any atom is 0.173 e. The number of ketones is 1. The number of aliphatic imine (C=N–C) groups is 1. The van der Waals surface area contributed by atoms with Crippen LogP contribution in [0.3, 0.4) is 0 Å². The molecule has 2 nitrogen and oxygen atoms in total. The second-order valence-corrected chi connectivity index (χ2v) is 2.34. The highest BCUT2D eigenvalue weighted by molar-refractivity contribution is 6.39. The molecule has 0 aromatic heterocycles. The van der Waals surface area contributed by atoms with E-state index < -0.39 is 0 Å². The number of Topliss-reactive ketones (excluding diaryl/α,β-unsaturated/α-hetero) is 1. The van der Waals surface area contributed by atoms with Crippen molar-refractivity contribution in [2.45, 2.75) is 26.2 Å². The van der Waals surface area contributed by atoms with Crippen molar-refractivity contribution in [3.8, 4) is 0 Å². The normalized spacial score (nSPS) is 19.0. The van der Waals surface area contributed by atoms with Crippen LogP contribution in [-0.2, 0) is 4.79 Å². The van der Waals surface area contributed by atoms with E-state index in [1.807, 2.05) is 0 Å². The number of hydrogen-bond donors (Lipinski definition) is 0. The molecule has 0 spiro atoms. The molecule has 0 N–H and O–H groups in total. The zero-order chi connectivity index (χ0) is 6.69. The zero-order valence-electron chi connectivity index (χ0n) is 5.68. The summed E-state index contributed by atoms with van der Waals surface area (Å²) in [7, 11) is 0. The number of hydrogen-bond acceptors (Lipinski definition) is 2. The summed E-state index contributed by atoms with van der Waals surface area (Å²) in [6.07, 6.45) is 3.19. The standard InChI is InChI=1S/C7H11NO/c1-6(9)7-4-2-3-5-8-7/h2-5H2,1H3. The van der Waals surface area contributed by atoms with Gasteiger partial charge in [0.25, 0.3) is 0 Å². The van der Waals surface area contributed by atoms with Crippen LogP contribution in [-0.4, -0.2) is 18.0 Å². The highest BCUT2D eigenvalue weighted by atomic mass is 16.1. The predicted molar refractivity (Wildman–Crippen MR) is 36.8 cm³/mol. The summed E-state index contributed by atoms with van der Waals surface area (Å²) in [4.78, 5) is 14.8. The molecule has 1 heterocycles. The molecule has 0 atom stereocenters. The minimum Gasteiger partial charge on any atom is -0.293 e. The summed E-state index contributed by atoms with van der Waals surface area (Å²) in [6, 6.07) is 0. The third-order valence-electron chi connectivity index (χ3n) is 1.53. The van der Waals surface area contributed by atoms with Crippen LogP contribution in [0.4, 0.5) is 0 Å². The topological polar surface area (TPSA) is 29.4 Å². The van der Waals surface area contributed by atoms with Crippen LogP contribution in [0.1, 0.15) is 26.2 Å². The van der Waals surface area contributed by atoms with Crippen molar-refractivity contribution in [1.29, 1.82) is 0 Å². The first-order chi connectivity index (χ1) is 4.30. The second-order valence-electron chi connectivity index (χ2n) is 2.34. The van der Waals surface area contributed by atoms with Crippen LogP contribution < -0.4 is 0 Å². The van der Waals surface area contributed by atoms with Crippen LogP contribution in [0.25, 0.3) is 0 Å². The molecule has 9 heavy (non-hydrogen) atoms.